The highest BCUT2D eigenvalue weighted by molar-refractivity contribution is 9.10. The van der Waals surface area contributed by atoms with Gasteiger partial charge in [-0.3, -0.25) is 0 Å². The number of aromatic amines is 1. The Hall–Kier alpha value is -2.21. The fourth-order valence-corrected chi connectivity index (χ4v) is 2.64. The van der Waals surface area contributed by atoms with Crippen molar-refractivity contribution in [2.75, 3.05) is 0 Å². The maximum atomic E-state index is 10.9. The van der Waals surface area contributed by atoms with Crippen LogP contribution in [0.4, 0.5) is 0 Å². The standard InChI is InChI=1S/C14H10BrN3O2/c1-7-2-3-9(10(15)4-7)12-17-11-5-8(14(19)20)6-16-13(11)18-12/h2-6H,1H3,(H,19,20)(H,16,17,18). The van der Waals surface area contributed by atoms with Gasteiger partial charge in [-0.05, 0) is 30.7 Å². The number of imidazole rings is 1. The summed E-state index contributed by atoms with van der Waals surface area (Å²) in [5.74, 6) is -0.353. The van der Waals surface area contributed by atoms with Crippen LogP contribution in [0.1, 0.15) is 15.9 Å². The number of aromatic carboxylic acids is 1. The van der Waals surface area contributed by atoms with Gasteiger partial charge in [0.1, 0.15) is 5.82 Å². The molecule has 0 amide bonds. The minimum Gasteiger partial charge on any atom is -0.478 e. The van der Waals surface area contributed by atoms with Crippen LogP contribution >= 0.6 is 15.9 Å². The van der Waals surface area contributed by atoms with Crippen molar-refractivity contribution in [3.05, 3.63) is 46.1 Å². The molecule has 1 aromatic carbocycles. The molecule has 0 saturated heterocycles. The molecule has 2 heterocycles. The molecule has 0 saturated carbocycles. The topological polar surface area (TPSA) is 78.9 Å². The van der Waals surface area contributed by atoms with Crippen molar-refractivity contribution in [3.8, 4) is 11.4 Å². The van der Waals surface area contributed by atoms with Crippen LogP contribution in [-0.4, -0.2) is 26.0 Å². The molecule has 3 rings (SSSR count). The van der Waals surface area contributed by atoms with Gasteiger partial charge in [-0.15, -0.1) is 0 Å². The first-order valence-corrected chi connectivity index (χ1v) is 6.69. The Morgan fingerprint density at radius 1 is 1.35 bits per heavy atom. The molecule has 2 aromatic heterocycles. The van der Waals surface area contributed by atoms with Crippen molar-refractivity contribution in [2.45, 2.75) is 6.92 Å². The molecule has 0 fully saturated rings. The molecule has 0 spiro atoms. The third-order valence-electron chi connectivity index (χ3n) is 2.96. The number of hydrogen-bond donors (Lipinski definition) is 2. The van der Waals surface area contributed by atoms with Crippen molar-refractivity contribution in [3.63, 3.8) is 0 Å². The highest BCUT2D eigenvalue weighted by atomic mass is 79.9. The van der Waals surface area contributed by atoms with Crippen molar-refractivity contribution in [1.82, 2.24) is 15.0 Å². The number of carboxylic acids is 1. The molecule has 0 atom stereocenters. The summed E-state index contributed by atoms with van der Waals surface area (Å²) in [6.07, 6.45) is 1.31. The van der Waals surface area contributed by atoms with Crippen LogP contribution in [0, 0.1) is 6.92 Å². The number of nitrogens with zero attached hydrogens (tertiary/aromatic N) is 2. The minimum absolute atomic E-state index is 0.135. The van der Waals surface area contributed by atoms with E-state index >= 15 is 0 Å². The second-order valence-electron chi connectivity index (χ2n) is 4.47. The number of halogens is 1. The molecule has 6 heteroatoms. The molecule has 0 aliphatic carbocycles. The number of carboxylic acid groups (broad SMARTS) is 1. The number of benzene rings is 1. The van der Waals surface area contributed by atoms with Crippen molar-refractivity contribution in [2.24, 2.45) is 0 Å². The Morgan fingerprint density at radius 3 is 2.85 bits per heavy atom. The van der Waals surface area contributed by atoms with Gasteiger partial charge < -0.3 is 10.1 Å². The summed E-state index contributed by atoms with van der Waals surface area (Å²) < 4.78 is 0.926. The lowest BCUT2D eigenvalue weighted by molar-refractivity contribution is 0.0696. The summed E-state index contributed by atoms with van der Waals surface area (Å²) in [5.41, 5.74) is 3.29. The molecule has 100 valence electrons. The van der Waals surface area contributed by atoms with Gasteiger partial charge >= 0.3 is 5.97 Å². The van der Waals surface area contributed by atoms with E-state index < -0.39 is 5.97 Å². The number of aryl methyl sites for hydroxylation is 1. The van der Waals surface area contributed by atoms with Crippen molar-refractivity contribution in [1.29, 1.82) is 0 Å². The van der Waals surface area contributed by atoms with E-state index in [1.165, 1.54) is 12.3 Å². The van der Waals surface area contributed by atoms with E-state index in [2.05, 4.69) is 30.9 Å². The fourth-order valence-electron chi connectivity index (χ4n) is 1.96. The maximum absolute atomic E-state index is 10.9. The van der Waals surface area contributed by atoms with E-state index in [0.29, 0.717) is 17.0 Å². The molecule has 0 bridgehead atoms. The minimum atomic E-state index is -1.01. The normalized spacial score (nSPS) is 10.9. The molecule has 20 heavy (non-hydrogen) atoms. The summed E-state index contributed by atoms with van der Waals surface area (Å²) in [7, 11) is 0. The summed E-state index contributed by atoms with van der Waals surface area (Å²) in [6.45, 7) is 2.01. The number of aromatic nitrogens is 3. The lowest BCUT2D eigenvalue weighted by atomic mass is 10.1. The number of nitrogens with one attached hydrogen (secondary N) is 1. The van der Waals surface area contributed by atoms with Gasteiger partial charge in [0, 0.05) is 16.2 Å². The third-order valence-corrected chi connectivity index (χ3v) is 3.62. The molecule has 5 nitrogen and oxygen atoms in total. The summed E-state index contributed by atoms with van der Waals surface area (Å²) >= 11 is 3.50. The van der Waals surface area contributed by atoms with Gasteiger partial charge in [-0.2, -0.15) is 0 Å². The number of H-pyrrole nitrogens is 1. The Kier molecular flexibility index (Phi) is 3.02. The van der Waals surface area contributed by atoms with Crippen LogP contribution in [-0.2, 0) is 0 Å². The lowest BCUT2D eigenvalue weighted by Crippen LogP contribution is -1.96. The van der Waals surface area contributed by atoms with Gasteiger partial charge in [-0.1, -0.05) is 22.0 Å². The summed E-state index contributed by atoms with van der Waals surface area (Å²) in [5, 5.41) is 8.96. The van der Waals surface area contributed by atoms with E-state index in [-0.39, 0.29) is 5.56 Å². The predicted molar refractivity (Wildman–Crippen MR) is 78.7 cm³/mol. The van der Waals surface area contributed by atoms with Crippen LogP contribution in [0.25, 0.3) is 22.6 Å². The Balaban J connectivity index is 2.15. The van der Waals surface area contributed by atoms with Crippen LogP contribution in [0.2, 0.25) is 0 Å². The quantitative estimate of drug-likeness (QED) is 0.754. The molecule has 3 aromatic rings. The second-order valence-corrected chi connectivity index (χ2v) is 5.32. The van der Waals surface area contributed by atoms with Gasteiger partial charge in [0.25, 0.3) is 0 Å². The Bertz CT molecular complexity index is 826. The molecule has 0 unspecified atom stereocenters. The first kappa shape index (κ1) is 12.8. The van der Waals surface area contributed by atoms with Gasteiger partial charge in [-0.25, -0.2) is 14.8 Å². The van der Waals surface area contributed by atoms with Crippen molar-refractivity contribution < 1.29 is 9.90 Å². The van der Waals surface area contributed by atoms with E-state index in [4.69, 9.17) is 5.11 Å². The zero-order chi connectivity index (χ0) is 14.3. The summed E-state index contributed by atoms with van der Waals surface area (Å²) in [4.78, 5) is 22.5. The highest BCUT2D eigenvalue weighted by Crippen LogP contribution is 2.28. The zero-order valence-corrected chi connectivity index (χ0v) is 12.1. The van der Waals surface area contributed by atoms with Crippen molar-refractivity contribution >= 4 is 33.1 Å². The number of hydrogen-bond acceptors (Lipinski definition) is 3. The largest absolute Gasteiger partial charge is 0.478 e. The van der Waals surface area contributed by atoms with E-state index in [0.717, 1.165) is 15.6 Å². The van der Waals surface area contributed by atoms with Crippen LogP contribution < -0.4 is 0 Å². The highest BCUT2D eigenvalue weighted by Gasteiger charge is 2.11. The summed E-state index contributed by atoms with van der Waals surface area (Å²) in [6, 6.07) is 7.47. The van der Waals surface area contributed by atoms with E-state index in [1.807, 2.05) is 25.1 Å². The van der Waals surface area contributed by atoms with Crippen LogP contribution in [0.5, 0.6) is 0 Å². The zero-order valence-electron chi connectivity index (χ0n) is 10.5. The van der Waals surface area contributed by atoms with E-state index in [1.54, 1.807) is 0 Å². The molecule has 0 aliphatic heterocycles. The van der Waals surface area contributed by atoms with Gasteiger partial charge in [0.15, 0.2) is 5.65 Å². The SMILES string of the molecule is Cc1ccc(-c2nc3ncc(C(=O)O)cc3[nH]2)c(Br)c1. The third kappa shape index (κ3) is 2.18. The molecular weight excluding hydrogens is 322 g/mol. The molecule has 0 radical (unpaired) electrons. The number of carbonyl (C=O) groups is 1. The number of fused-ring (bicyclic) bond motifs is 1. The first-order valence-electron chi connectivity index (χ1n) is 5.90. The fraction of sp³-hybridized carbons (Fsp3) is 0.0714. The van der Waals surface area contributed by atoms with E-state index in [9.17, 15) is 4.79 Å². The molecule has 2 N–H and O–H groups in total. The van der Waals surface area contributed by atoms with Gasteiger partial charge in [0.05, 0.1) is 11.1 Å². The monoisotopic (exact) mass is 331 g/mol. The van der Waals surface area contributed by atoms with Crippen LogP contribution in [0.15, 0.2) is 34.9 Å². The smallest absolute Gasteiger partial charge is 0.337 e. The number of rotatable bonds is 2. The number of pyridine rings is 1. The second kappa shape index (κ2) is 4.72. The first-order chi connectivity index (χ1) is 9.54. The Labute approximate surface area is 122 Å². The Morgan fingerprint density at radius 2 is 2.15 bits per heavy atom. The molecule has 0 aliphatic rings. The maximum Gasteiger partial charge on any atom is 0.337 e. The average Bonchev–Trinajstić information content (AvgIpc) is 2.80. The lowest BCUT2D eigenvalue weighted by Gasteiger charge is -2.01. The average molecular weight is 332 g/mol. The van der Waals surface area contributed by atoms with Crippen LogP contribution in [0.3, 0.4) is 0 Å². The van der Waals surface area contributed by atoms with Gasteiger partial charge in [0.2, 0.25) is 0 Å². The predicted octanol–water partition coefficient (Wildman–Crippen LogP) is 3.39. The molecular formula is C14H10BrN3O2.